The van der Waals surface area contributed by atoms with Crippen LogP contribution in [0.25, 0.3) is 10.8 Å². The molecule has 0 atom stereocenters. The predicted molar refractivity (Wildman–Crippen MR) is 163 cm³/mol. The van der Waals surface area contributed by atoms with Crippen molar-refractivity contribution in [1.29, 1.82) is 0 Å². The molecule has 5 N–H and O–H groups in total. The second-order valence-corrected chi connectivity index (χ2v) is 9.37. The molecule has 0 saturated carbocycles. The molecule has 0 aliphatic rings. The fourth-order valence-electron chi connectivity index (χ4n) is 4.24. The normalized spacial score (nSPS) is 10.9. The molecule has 5 rings (SSSR count). The highest BCUT2D eigenvalue weighted by Crippen LogP contribution is 2.40. The van der Waals surface area contributed by atoms with Gasteiger partial charge in [0, 0.05) is 52.3 Å². The second-order valence-electron chi connectivity index (χ2n) is 9.37. The van der Waals surface area contributed by atoms with Gasteiger partial charge in [-0.05, 0) is 60.0 Å². The average Bonchev–Trinajstić information content (AvgIpc) is 3.01. The van der Waals surface area contributed by atoms with E-state index in [1.807, 2.05) is 0 Å². The summed E-state index contributed by atoms with van der Waals surface area (Å²) in [4.78, 5) is 47.5. The quantitative estimate of drug-likeness (QED) is 0.0645. The Morgan fingerprint density at radius 2 is 1.32 bits per heavy atom. The van der Waals surface area contributed by atoms with E-state index in [1.54, 1.807) is 24.3 Å². The summed E-state index contributed by atoms with van der Waals surface area (Å²) in [5.41, 5.74) is 6.32. The number of nitrogens with two attached hydrogens (primary N) is 1. The van der Waals surface area contributed by atoms with Crippen LogP contribution in [0.2, 0.25) is 0 Å². The van der Waals surface area contributed by atoms with Gasteiger partial charge >= 0.3 is 0 Å². The van der Waals surface area contributed by atoms with Gasteiger partial charge in [-0.3, -0.25) is 29.8 Å². The van der Waals surface area contributed by atoms with Gasteiger partial charge in [-0.1, -0.05) is 18.2 Å². The number of hydrogen-bond donors (Lipinski definition) is 4. The van der Waals surface area contributed by atoms with Gasteiger partial charge in [0.1, 0.15) is 5.69 Å². The zero-order chi connectivity index (χ0) is 31.4. The molecule has 0 aliphatic heterocycles. The van der Waals surface area contributed by atoms with Crippen molar-refractivity contribution in [3.8, 4) is 5.75 Å². The summed E-state index contributed by atoms with van der Waals surface area (Å²) >= 11 is 0. The molecular weight excluding hydrogens is 570 g/mol. The third-order valence-electron chi connectivity index (χ3n) is 6.38. The molecular formula is C30H21N7O7. The van der Waals surface area contributed by atoms with Crippen LogP contribution < -0.4 is 16.4 Å². The Balaban J connectivity index is 1.56. The number of nitrogens with one attached hydrogen (secondary N) is 2. The minimum Gasteiger partial charge on any atom is -0.505 e. The first kappa shape index (κ1) is 28.8. The summed E-state index contributed by atoms with van der Waals surface area (Å²) in [5.74, 6) is -1.91. The zero-order valence-corrected chi connectivity index (χ0v) is 22.5. The van der Waals surface area contributed by atoms with E-state index in [-0.39, 0.29) is 39.6 Å². The van der Waals surface area contributed by atoms with E-state index in [4.69, 9.17) is 5.73 Å². The van der Waals surface area contributed by atoms with Gasteiger partial charge in [0.2, 0.25) is 0 Å². The van der Waals surface area contributed by atoms with Crippen molar-refractivity contribution in [2.75, 3.05) is 16.4 Å². The van der Waals surface area contributed by atoms with E-state index in [0.29, 0.717) is 22.1 Å². The number of aromatic hydroxyl groups is 1. The molecule has 0 saturated heterocycles. The van der Waals surface area contributed by atoms with E-state index < -0.39 is 27.4 Å². The maximum absolute atomic E-state index is 13.3. The van der Waals surface area contributed by atoms with Crippen LogP contribution in [-0.4, -0.2) is 26.8 Å². The highest BCUT2D eigenvalue weighted by molar-refractivity contribution is 6.13. The van der Waals surface area contributed by atoms with Gasteiger partial charge in [-0.25, -0.2) is 0 Å². The summed E-state index contributed by atoms with van der Waals surface area (Å²) in [7, 11) is 0. The SMILES string of the molecule is Nc1ccc(N=Nc2c(O)c(C(=O)Nc3cccc([N+](=O)[O-])c3)cc3cc(C(=O)Nc4cccc([N+](=O)[O-])c4)ccc23)cc1. The number of anilines is 3. The van der Waals surface area contributed by atoms with Gasteiger partial charge in [0.15, 0.2) is 5.75 Å². The summed E-state index contributed by atoms with van der Waals surface area (Å²) in [6.45, 7) is 0. The molecule has 0 fully saturated rings. The first-order chi connectivity index (χ1) is 21.1. The van der Waals surface area contributed by atoms with Gasteiger partial charge in [0.25, 0.3) is 23.2 Å². The van der Waals surface area contributed by atoms with E-state index in [9.17, 15) is 34.9 Å². The minimum absolute atomic E-state index is 0.0749. The molecule has 2 amide bonds. The van der Waals surface area contributed by atoms with E-state index in [0.717, 1.165) is 6.07 Å². The van der Waals surface area contributed by atoms with Crippen molar-refractivity contribution < 1.29 is 24.5 Å². The lowest BCUT2D eigenvalue weighted by molar-refractivity contribution is -0.385. The number of rotatable bonds is 8. The predicted octanol–water partition coefficient (Wildman–Crippen LogP) is 6.86. The highest BCUT2D eigenvalue weighted by atomic mass is 16.6. The number of phenols is 1. The van der Waals surface area contributed by atoms with Crippen molar-refractivity contribution in [3.05, 3.63) is 128 Å². The fourth-order valence-corrected chi connectivity index (χ4v) is 4.24. The van der Waals surface area contributed by atoms with Gasteiger partial charge in [0.05, 0.1) is 21.1 Å². The van der Waals surface area contributed by atoms with Gasteiger partial charge < -0.3 is 21.5 Å². The van der Waals surface area contributed by atoms with Crippen molar-refractivity contribution in [1.82, 2.24) is 0 Å². The lowest BCUT2D eigenvalue weighted by atomic mass is 10.00. The molecule has 0 spiro atoms. The number of azo groups is 1. The Kier molecular flexibility index (Phi) is 7.88. The molecule has 0 aromatic heterocycles. The number of carbonyl (C=O) groups is 2. The monoisotopic (exact) mass is 591 g/mol. The number of benzene rings is 5. The topological polar surface area (TPSA) is 215 Å². The van der Waals surface area contributed by atoms with Crippen LogP contribution in [0.3, 0.4) is 0 Å². The summed E-state index contributed by atoms with van der Waals surface area (Å²) < 4.78 is 0. The second kappa shape index (κ2) is 12.0. The largest absolute Gasteiger partial charge is 0.505 e. The number of carbonyl (C=O) groups excluding carboxylic acids is 2. The van der Waals surface area contributed by atoms with Gasteiger partial charge in [-0.15, -0.1) is 5.11 Å². The molecule has 14 nitrogen and oxygen atoms in total. The molecule has 14 heteroatoms. The Morgan fingerprint density at radius 3 is 1.91 bits per heavy atom. The van der Waals surface area contributed by atoms with Crippen molar-refractivity contribution in [2.45, 2.75) is 0 Å². The Morgan fingerprint density at radius 1 is 0.727 bits per heavy atom. The minimum atomic E-state index is -0.805. The van der Waals surface area contributed by atoms with Crippen LogP contribution in [0.15, 0.2) is 107 Å². The molecule has 218 valence electrons. The maximum atomic E-state index is 13.3. The number of hydrogen-bond acceptors (Lipinski definition) is 10. The number of nitro groups is 2. The fraction of sp³-hybridized carbons (Fsp3) is 0. The lowest BCUT2D eigenvalue weighted by Crippen LogP contribution is -2.13. The van der Waals surface area contributed by atoms with Crippen LogP contribution in [0.1, 0.15) is 20.7 Å². The number of fused-ring (bicyclic) bond motifs is 1. The summed E-state index contributed by atoms with van der Waals surface area (Å²) in [6.07, 6.45) is 0. The van der Waals surface area contributed by atoms with Crippen molar-refractivity contribution in [3.63, 3.8) is 0 Å². The number of amides is 2. The van der Waals surface area contributed by atoms with E-state index >= 15 is 0 Å². The average molecular weight is 592 g/mol. The van der Waals surface area contributed by atoms with Crippen LogP contribution in [-0.2, 0) is 0 Å². The first-order valence-corrected chi connectivity index (χ1v) is 12.8. The Hall–Kier alpha value is -6.70. The van der Waals surface area contributed by atoms with Crippen molar-refractivity contribution >= 4 is 62.4 Å². The maximum Gasteiger partial charge on any atom is 0.271 e. The Labute approximate surface area is 247 Å². The standard InChI is InChI=1S/C30H21N7O7/c31-19-8-10-20(11-9-19)34-35-27-25-12-7-17(29(39)32-21-3-1-5-23(15-21)36(41)42)13-18(25)14-26(28(27)38)30(40)33-22-4-2-6-24(16-22)37(43)44/h1-16,38H,31H2,(H,32,39)(H,33,40). The smallest absolute Gasteiger partial charge is 0.271 e. The number of non-ortho nitro benzene ring substituents is 2. The number of phenolic OH excluding ortho intramolecular Hbond substituents is 1. The molecule has 0 radical (unpaired) electrons. The van der Waals surface area contributed by atoms with Crippen molar-refractivity contribution in [2.24, 2.45) is 10.2 Å². The summed E-state index contributed by atoms with van der Waals surface area (Å²) in [5, 5.41) is 47.6. The van der Waals surface area contributed by atoms with Crippen LogP contribution in [0.4, 0.5) is 39.8 Å². The van der Waals surface area contributed by atoms with E-state index in [1.165, 1.54) is 66.7 Å². The summed E-state index contributed by atoms with van der Waals surface area (Å²) in [6, 6.07) is 22.9. The van der Waals surface area contributed by atoms with Crippen LogP contribution in [0.5, 0.6) is 5.75 Å². The molecule has 0 heterocycles. The van der Waals surface area contributed by atoms with Crippen LogP contribution in [0, 0.1) is 20.2 Å². The third kappa shape index (κ3) is 6.28. The number of nitro benzene ring substituents is 2. The highest BCUT2D eigenvalue weighted by Gasteiger charge is 2.21. The molecule has 0 aliphatic carbocycles. The molecule has 0 unspecified atom stereocenters. The van der Waals surface area contributed by atoms with E-state index in [2.05, 4.69) is 20.9 Å². The lowest BCUT2D eigenvalue weighted by Gasteiger charge is -2.12. The molecule has 0 bridgehead atoms. The van der Waals surface area contributed by atoms with Crippen LogP contribution >= 0.6 is 0 Å². The zero-order valence-electron chi connectivity index (χ0n) is 22.5. The Bertz CT molecular complexity index is 1990. The molecule has 5 aromatic carbocycles. The first-order valence-electron chi connectivity index (χ1n) is 12.8. The van der Waals surface area contributed by atoms with Gasteiger partial charge in [-0.2, -0.15) is 5.11 Å². The third-order valence-corrected chi connectivity index (χ3v) is 6.38. The molecule has 44 heavy (non-hydrogen) atoms. The number of nitrogens with zero attached hydrogens (tertiary/aromatic N) is 4. The molecule has 5 aromatic rings. The number of nitrogen functional groups attached to an aromatic ring is 1.